The highest BCUT2D eigenvalue weighted by atomic mass is 16.6. The monoisotopic (exact) mass is 445 g/mol. The van der Waals surface area contributed by atoms with Crippen molar-refractivity contribution in [3.8, 4) is 5.75 Å². The Morgan fingerprint density at radius 3 is 2.30 bits per heavy atom. The topological polar surface area (TPSA) is 103 Å². The van der Waals surface area contributed by atoms with Crippen LogP contribution in [-0.4, -0.2) is 28.9 Å². The van der Waals surface area contributed by atoms with Gasteiger partial charge in [-0.15, -0.1) is 0 Å². The van der Waals surface area contributed by atoms with E-state index in [0.29, 0.717) is 19.3 Å². The quantitative estimate of drug-likeness (QED) is 0.400. The smallest absolute Gasteiger partial charge is 0.410 e. The number of nitro groups is 1. The van der Waals surface area contributed by atoms with Gasteiger partial charge in [0.15, 0.2) is 6.10 Å². The Hall–Kier alpha value is -4.20. The zero-order chi connectivity index (χ0) is 23.0. The third-order valence-corrected chi connectivity index (χ3v) is 5.31. The zero-order valence-electron chi connectivity index (χ0n) is 17.8. The lowest BCUT2D eigenvalue weighted by molar-refractivity contribution is -0.384. The van der Waals surface area contributed by atoms with Gasteiger partial charge in [0, 0.05) is 25.0 Å². The zero-order valence-corrected chi connectivity index (χ0v) is 17.8. The molecule has 1 aliphatic rings. The van der Waals surface area contributed by atoms with Gasteiger partial charge in [-0.05, 0) is 29.7 Å². The van der Waals surface area contributed by atoms with E-state index >= 15 is 0 Å². The molecule has 0 spiro atoms. The second-order valence-corrected chi connectivity index (χ2v) is 7.75. The van der Waals surface area contributed by atoms with E-state index in [9.17, 15) is 14.9 Å². The summed E-state index contributed by atoms with van der Waals surface area (Å²) in [5.41, 5.74) is 3.02. The second-order valence-electron chi connectivity index (χ2n) is 7.75. The molecule has 33 heavy (non-hydrogen) atoms. The summed E-state index contributed by atoms with van der Waals surface area (Å²) >= 11 is 0. The summed E-state index contributed by atoms with van der Waals surface area (Å²) in [6.45, 7) is 0. The van der Waals surface area contributed by atoms with Gasteiger partial charge in [0.2, 0.25) is 0 Å². The molecule has 4 rings (SSSR count). The molecule has 0 aromatic heterocycles. The molecule has 1 N–H and O–H groups in total. The number of nitrogens with one attached hydrogen (secondary N) is 1. The normalized spacial score (nSPS) is 15.8. The van der Waals surface area contributed by atoms with Crippen molar-refractivity contribution in [2.75, 3.05) is 0 Å². The maximum absolute atomic E-state index is 12.6. The van der Waals surface area contributed by atoms with Gasteiger partial charge in [-0.25, -0.2) is 4.79 Å². The van der Waals surface area contributed by atoms with Crippen molar-refractivity contribution in [3.63, 3.8) is 0 Å². The second kappa shape index (κ2) is 10.4. The molecule has 0 saturated carbocycles. The van der Waals surface area contributed by atoms with Crippen LogP contribution in [0.3, 0.4) is 0 Å². The Morgan fingerprint density at radius 2 is 1.67 bits per heavy atom. The lowest BCUT2D eigenvalue weighted by Crippen LogP contribution is -2.46. The van der Waals surface area contributed by atoms with Crippen molar-refractivity contribution in [3.05, 3.63) is 106 Å². The fraction of sp³-hybridized carbons (Fsp3) is 0.200. The van der Waals surface area contributed by atoms with Crippen LogP contribution in [0.5, 0.6) is 5.75 Å². The molecule has 8 nitrogen and oxygen atoms in total. The van der Waals surface area contributed by atoms with Crippen LogP contribution in [-0.2, 0) is 17.7 Å². The number of non-ortho nitro benzene ring substituents is 1. The first-order chi connectivity index (χ1) is 16.1. The van der Waals surface area contributed by atoms with E-state index in [1.165, 1.54) is 24.3 Å². The predicted molar refractivity (Wildman–Crippen MR) is 123 cm³/mol. The van der Waals surface area contributed by atoms with E-state index < -0.39 is 11.0 Å². The molecule has 8 heteroatoms. The van der Waals surface area contributed by atoms with Gasteiger partial charge in [-0.1, -0.05) is 65.8 Å². The van der Waals surface area contributed by atoms with Gasteiger partial charge in [0.05, 0.1) is 16.7 Å². The third-order valence-electron chi connectivity index (χ3n) is 5.31. The number of nitro benzene ring substituents is 1. The largest absolute Gasteiger partial charge is 0.412 e. The lowest BCUT2D eigenvalue weighted by atomic mass is 9.96. The minimum atomic E-state index is -0.662. The number of nitrogens with zero attached hydrogens (tertiary/aromatic N) is 2. The molecule has 168 valence electrons. The molecule has 2 unspecified atom stereocenters. The van der Waals surface area contributed by atoms with Gasteiger partial charge in [-0.2, -0.15) is 0 Å². The molecular weight excluding hydrogens is 422 g/mol. The number of benzene rings is 3. The number of hydrogen-bond donors (Lipinski definition) is 1. The fourth-order valence-corrected chi connectivity index (χ4v) is 3.67. The van der Waals surface area contributed by atoms with Crippen LogP contribution < -0.4 is 10.1 Å². The molecule has 1 heterocycles. The number of amides is 1. The number of hydrogen-bond acceptors (Lipinski definition) is 6. The van der Waals surface area contributed by atoms with Crippen molar-refractivity contribution >= 4 is 17.5 Å². The molecular formula is C25H23N3O5. The first-order valence-electron chi connectivity index (χ1n) is 10.6. The predicted octanol–water partition coefficient (Wildman–Crippen LogP) is 4.68. The Kier molecular flexibility index (Phi) is 6.94. The number of carbonyl (C=O) groups excluding carboxylic acids is 1. The molecule has 1 amide bonds. The van der Waals surface area contributed by atoms with Gasteiger partial charge < -0.3 is 14.9 Å². The first-order valence-corrected chi connectivity index (χ1v) is 10.6. The van der Waals surface area contributed by atoms with Crippen molar-refractivity contribution in [2.24, 2.45) is 5.16 Å². The SMILES string of the molecule is O=C(NC(Cc1ccccc1)C1CC(Cc2ccccc2)=NO1)Oc1ccc([N+](=O)[O-])cc1. The van der Waals surface area contributed by atoms with Gasteiger partial charge in [0.25, 0.3) is 5.69 Å². The fourth-order valence-electron chi connectivity index (χ4n) is 3.67. The third kappa shape index (κ3) is 6.16. The van der Waals surface area contributed by atoms with Crippen molar-refractivity contribution in [2.45, 2.75) is 31.4 Å². The van der Waals surface area contributed by atoms with E-state index in [1.807, 2.05) is 60.7 Å². The van der Waals surface area contributed by atoms with E-state index in [-0.39, 0.29) is 23.6 Å². The molecule has 0 saturated heterocycles. The maximum Gasteiger partial charge on any atom is 0.412 e. The Balaban J connectivity index is 1.41. The van der Waals surface area contributed by atoms with Gasteiger partial charge in [-0.3, -0.25) is 10.1 Å². The van der Waals surface area contributed by atoms with Gasteiger partial charge in [0.1, 0.15) is 5.75 Å². The molecule has 0 radical (unpaired) electrons. The highest BCUT2D eigenvalue weighted by Gasteiger charge is 2.31. The lowest BCUT2D eigenvalue weighted by Gasteiger charge is -2.23. The molecule has 1 aliphatic heterocycles. The van der Waals surface area contributed by atoms with Crippen LogP contribution in [0.4, 0.5) is 10.5 Å². The highest BCUT2D eigenvalue weighted by molar-refractivity contribution is 5.87. The van der Waals surface area contributed by atoms with E-state index in [1.54, 1.807) is 0 Å². The number of oxime groups is 1. The summed E-state index contributed by atoms with van der Waals surface area (Å²) in [6.07, 6.45) is 0.806. The number of carbonyl (C=O) groups is 1. The molecule has 0 aliphatic carbocycles. The molecule has 2 atom stereocenters. The molecule has 3 aromatic rings. The molecule has 0 fully saturated rings. The van der Waals surface area contributed by atoms with Crippen LogP contribution in [0, 0.1) is 10.1 Å². The molecule has 3 aromatic carbocycles. The minimum absolute atomic E-state index is 0.0767. The average Bonchev–Trinajstić information content (AvgIpc) is 3.29. The summed E-state index contributed by atoms with van der Waals surface area (Å²) in [7, 11) is 0. The Morgan fingerprint density at radius 1 is 1.03 bits per heavy atom. The summed E-state index contributed by atoms with van der Waals surface area (Å²) in [6, 6.07) is 24.8. The van der Waals surface area contributed by atoms with Crippen LogP contribution in [0.15, 0.2) is 90.1 Å². The maximum atomic E-state index is 12.6. The van der Waals surface area contributed by atoms with E-state index in [2.05, 4.69) is 10.5 Å². The van der Waals surface area contributed by atoms with Crippen LogP contribution in [0.1, 0.15) is 17.5 Å². The number of ether oxygens (including phenoxy) is 1. The van der Waals surface area contributed by atoms with Gasteiger partial charge >= 0.3 is 6.09 Å². The molecule has 0 bridgehead atoms. The van der Waals surface area contributed by atoms with Crippen molar-refractivity contribution < 1.29 is 19.3 Å². The van der Waals surface area contributed by atoms with Crippen LogP contribution in [0.25, 0.3) is 0 Å². The standard InChI is InChI=1S/C25H23N3O5/c29-25(32-22-13-11-21(12-14-22)28(30)31)26-23(16-19-9-5-2-6-10-19)24-17-20(27-33-24)15-18-7-3-1-4-8-18/h1-14,23-24H,15-17H2,(H,26,29). The first kappa shape index (κ1) is 22.0. The highest BCUT2D eigenvalue weighted by Crippen LogP contribution is 2.21. The summed E-state index contributed by atoms with van der Waals surface area (Å²) in [5, 5.41) is 17.9. The van der Waals surface area contributed by atoms with E-state index in [0.717, 1.165) is 16.8 Å². The summed E-state index contributed by atoms with van der Waals surface area (Å²) < 4.78 is 5.33. The minimum Gasteiger partial charge on any atom is -0.410 e. The summed E-state index contributed by atoms with van der Waals surface area (Å²) in [5.74, 6) is 0.213. The van der Waals surface area contributed by atoms with E-state index in [4.69, 9.17) is 9.57 Å². The Bertz CT molecular complexity index is 1120. The van der Waals surface area contributed by atoms with Crippen molar-refractivity contribution in [1.29, 1.82) is 0 Å². The Labute approximate surface area is 191 Å². The summed E-state index contributed by atoms with van der Waals surface area (Å²) in [4.78, 5) is 28.6. The van der Waals surface area contributed by atoms with Crippen LogP contribution in [0.2, 0.25) is 0 Å². The average molecular weight is 445 g/mol. The van der Waals surface area contributed by atoms with Crippen molar-refractivity contribution in [1.82, 2.24) is 5.32 Å². The van der Waals surface area contributed by atoms with Crippen LogP contribution >= 0.6 is 0 Å². The number of rotatable bonds is 8.